The molecule has 6 heteroatoms. The highest BCUT2D eigenvalue weighted by Crippen LogP contribution is 2.26. The molecule has 0 aliphatic carbocycles. The predicted molar refractivity (Wildman–Crippen MR) is 67.0 cm³/mol. The zero-order valence-electron chi connectivity index (χ0n) is 11.1. The first-order chi connectivity index (χ1) is 8.88. The molecule has 1 heterocycles. The molecule has 1 saturated heterocycles. The minimum Gasteiger partial charge on any atom is -0.461 e. The third kappa shape index (κ3) is 3.64. The van der Waals surface area contributed by atoms with Crippen molar-refractivity contribution in [2.75, 3.05) is 6.61 Å². The number of aliphatic hydroxyl groups excluding tert-OH is 1. The molecule has 0 spiro atoms. The molecular formula is C13H19NO5. The van der Waals surface area contributed by atoms with Crippen LogP contribution in [0.3, 0.4) is 0 Å². The zero-order valence-corrected chi connectivity index (χ0v) is 11.1. The molecule has 106 valence electrons. The van der Waals surface area contributed by atoms with E-state index in [0.717, 1.165) is 0 Å². The van der Waals surface area contributed by atoms with Gasteiger partial charge in [0.2, 0.25) is 5.91 Å². The summed E-state index contributed by atoms with van der Waals surface area (Å²) in [5.74, 6) is -2.33. The van der Waals surface area contributed by atoms with Crippen molar-refractivity contribution in [3.63, 3.8) is 0 Å². The van der Waals surface area contributed by atoms with Gasteiger partial charge in [-0.05, 0) is 6.92 Å². The fourth-order valence-corrected chi connectivity index (χ4v) is 2.08. The smallest absolute Gasteiger partial charge is 0.313 e. The molecule has 1 fully saturated rings. The van der Waals surface area contributed by atoms with Crippen molar-refractivity contribution in [1.82, 2.24) is 5.32 Å². The first-order valence-corrected chi connectivity index (χ1v) is 6.16. The Balaban J connectivity index is 2.51. The highest BCUT2D eigenvalue weighted by Gasteiger charge is 2.47. The molecule has 0 aromatic heterocycles. The van der Waals surface area contributed by atoms with Crippen LogP contribution < -0.4 is 5.32 Å². The molecule has 1 aliphatic rings. The van der Waals surface area contributed by atoms with Gasteiger partial charge < -0.3 is 15.2 Å². The number of esters is 1. The van der Waals surface area contributed by atoms with E-state index in [-0.39, 0.29) is 24.7 Å². The van der Waals surface area contributed by atoms with Gasteiger partial charge in [-0.2, -0.15) is 0 Å². The number of Topliss-reactive ketones (excluding diaryl/α,β-unsaturated/α-hetero) is 1. The lowest BCUT2D eigenvalue weighted by Crippen LogP contribution is -2.65. The van der Waals surface area contributed by atoms with E-state index in [4.69, 9.17) is 4.74 Å². The predicted octanol–water partition coefficient (Wildman–Crippen LogP) is -0.194. The summed E-state index contributed by atoms with van der Waals surface area (Å²) < 4.78 is 4.72. The molecular weight excluding hydrogens is 250 g/mol. The molecule has 2 N–H and O–H groups in total. The van der Waals surface area contributed by atoms with E-state index in [2.05, 4.69) is 11.9 Å². The van der Waals surface area contributed by atoms with E-state index in [9.17, 15) is 19.5 Å². The molecule has 6 nitrogen and oxygen atoms in total. The van der Waals surface area contributed by atoms with Crippen LogP contribution in [0.5, 0.6) is 0 Å². The number of hydrogen-bond donors (Lipinski definition) is 2. The van der Waals surface area contributed by atoms with Gasteiger partial charge in [-0.15, -0.1) is 0 Å². The Bertz CT molecular complexity index is 390. The summed E-state index contributed by atoms with van der Waals surface area (Å²) in [7, 11) is 0. The molecule has 1 aliphatic heterocycles. The summed E-state index contributed by atoms with van der Waals surface area (Å²) in [6.45, 7) is 6.60. The second-order valence-electron chi connectivity index (χ2n) is 4.70. The Morgan fingerprint density at radius 3 is 2.63 bits per heavy atom. The number of nitrogens with one attached hydrogen (secondary N) is 1. The third-order valence-electron chi connectivity index (χ3n) is 3.25. The van der Waals surface area contributed by atoms with Crippen molar-refractivity contribution in [2.24, 2.45) is 11.8 Å². The van der Waals surface area contributed by atoms with Gasteiger partial charge in [0.25, 0.3) is 0 Å². The van der Waals surface area contributed by atoms with Crippen LogP contribution in [0.2, 0.25) is 0 Å². The molecule has 0 saturated carbocycles. The van der Waals surface area contributed by atoms with Crippen LogP contribution >= 0.6 is 0 Å². The molecule has 4 atom stereocenters. The van der Waals surface area contributed by atoms with Gasteiger partial charge in [0.05, 0.1) is 18.1 Å². The minimum atomic E-state index is -0.818. The van der Waals surface area contributed by atoms with E-state index < -0.39 is 30.0 Å². The van der Waals surface area contributed by atoms with Crippen LogP contribution in [0, 0.1) is 11.8 Å². The summed E-state index contributed by atoms with van der Waals surface area (Å²) >= 11 is 0. The summed E-state index contributed by atoms with van der Waals surface area (Å²) in [4.78, 5) is 34.5. The number of amides is 1. The summed E-state index contributed by atoms with van der Waals surface area (Å²) in [5.41, 5.74) is 0. The second-order valence-corrected chi connectivity index (χ2v) is 4.70. The number of hydrogen-bond acceptors (Lipinski definition) is 5. The highest BCUT2D eigenvalue weighted by molar-refractivity contribution is 5.98. The van der Waals surface area contributed by atoms with Gasteiger partial charge in [-0.25, -0.2) is 0 Å². The van der Waals surface area contributed by atoms with Gasteiger partial charge in [0.1, 0.15) is 18.8 Å². The maximum atomic E-state index is 11.9. The first kappa shape index (κ1) is 15.4. The monoisotopic (exact) mass is 269 g/mol. The van der Waals surface area contributed by atoms with Crippen LogP contribution in [0.25, 0.3) is 0 Å². The van der Waals surface area contributed by atoms with E-state index in [0.29, 0.717) is 0 Å². The van der Waals surface area contributed by atoms with E-state index in [1.807, 2.05) is 0 Å². The Kier molecular flexibility index (Phi) is 5.23. The van der Waals surface area contributed by atoms with Crippen molar-refractivity contribution in [1.29, 1.82) is 0 Å². The van der Waals surface area contributed by atoms with Gasteiger partial charge in [0.15, 0.2) is 0 Å². The van der Waals surface area contributed by atoms with Crippen LogP contribution in [-0.2, 0) is 19.1 Å². The van der Waals surface area contributed by atoms with E-state index >= 15 is 0 Å². The van der Waals surface area contributed by atoms with Gasteiger partial charge in [-0.1, -0.05) is 19.6 Å². The SMILES string of the molecule is C=CCOC(=O)CC(=O)[C@H](C)[C@H]1NC(=O)[C@@H]1[C@@H](C)O. The molecule has 0 aromatic rings. The minimum absolute atomic E-state index is 0.0664. The third-order valence-corrected chi connectivity index (χ3v) is 3.25. The zero-order chi connectivity index (χ0) is 14.6. The number of ketones is 1. The lowest BCUT2D eigenvalue weighted by atomic mass is 9.77. The molecule has 0 unspecified atom stereocenters. The lowest BCUT2D eigenvalue weighted by Gasteiger charge is -2.41. The topological polar surface area (TPSA) is 92.7 Å². The highest BCUT2D eigenvalue weighted by atomic mass is 16.5. The lowest BCUT2D eigenvalue weighted by molar-refractivity contribution is -0.148. The van der Waals surface area contributed by atoms with Crippen LogP contribution in [0.15, 0.2) is 12.7 Å². The van der Waals surface area contributed by atoms with Crippen molar-refractivity contribution < 1.29 is 24.2 Å². The van der Waals surface area contributed by atoms with Crippen LogP contribution in [0.4, 0.5) is 0 Å². The van der Waals surface area contributed by atoms with Gasteiger partial charge >= 0.3 is 5.97 Å². The van der Waals surface area contributed by atoms with E-state index in [1.165, 1.54) is 13.0 Å². The number of carbonyl (C=O) groups excluding carboxylic acids is 3. The molecule has 19 heavy (non-hydrogen) atoms. The second kappa shape index (κ2) is 6.47. The Morgan fingerprint density at radius 1 is 1.53 bits per heavy atom. The first-order valence-electron chi connectivity index (χ1n) is 6.16. The Hall–Kier alpha value is -1.69. The maximum absolute atomic E-state index is 11.9. The number of ether oxygens (including phenoxy) is 1. The molecule has 1 rings (SSSR count). The number of aliphatic hydroxyl groups is 1. The normalized spacial score (nSPS) is 24.7. The maximum Gasteiger partial charge on any atom is 0.313 e. The van der Waals surface area contributed by atoms with Crippen molar-refractivity contribution in [2.45, 2.75) is 32.4 Å². The van der Waals surface area contributed by atoms with Crippen LogP contribution in [0.1, 0.15) is 20.3 Å². The quantitative estimate of drug-likeness (QED) is 0.289. The summed E-state index contributed by atoms with van der Waals surface area (Å²) in [6, 6.07) is -0.424. The van der Waals surface area contributed by atoms with Gasteiger partial charge in [-0.3, -0.25) is 14.4 Å². The summed E-state index contributed by atoms with van der Waals surface area (Å²) in [6.07, 6.45) is 0.261. The Labute approximate surface area is 111 Å². The van der Waals surface area contributed by atoms with Crippen LogP contribution in [-0.4, -0.2) is 41.5 Å². The number of carbonyl (C=O) groups is 3. The fraction of sp³-hybridized carbons (Fsp3) is 0.615. The van der Waals surface area contributed by atoms with Crippen molar-refractivity contribution >= 4 is 17.7 Å². The average molecular weight is 269 g/mol. The average Bonchev–Trinajstić information content (AvgIpc) is 2.31. The standard InChI is InChI=1S/C13H19NO5/c1-4-5-19-10(17)6-9(16)7(2)12-11(8(3)15)13(18)14-12/h4,7-8,11-12,15H,1,5-6H2,2-3H3,(H,14,18)/t7-,8+,11+,12+/m0/s1. The molecule has 1 amide bonds. The fourth-order valence-electron chi connectivity index (χ4n) is 2.08. The van der Waals surface area contributed by atoms with Crippen molar-refractivity contribution in [3.8, 4) is 0 Å². The molecule has 0 radical (unpaired) electrons. The van der Waals surface area contributed by atoms with Gasteiger partial charge in [0, 0.05) is 5.92 Å². The van der Waals surface area contributed by atoms with E-state index in [1.54, 1.807) is 6.92 Å². The largest absolute Gasteiger partial charge is 0.461 e. The van der Waals surface area contributed by atoms with Crippen molar-refractivity contribution in [3.05, 3.63) is 12.7 Å². The number of β-lactam (4-membered cyclic amide) rings is 1. The molecule has 0 bridgehead atoms. The number of rotatable bonds is 7. The summed E-state index contributed by atoms with van der Waals surface area (Å²) in [5, 5.41) is 12.1. The molecule has 0 aromatic carbocycles. The Morgan fingerprint density at radius 2 is 2.16 bits per heavy atom.